The van der Waals surface area contributed by atoms with Crippen LogP contribution in [0.2, 0.25) is 0 Å². The molecule has 1 aliphatic rings. The van der Waals surface area contributed by atoms with E-state index in [-0.39, 0.29) is 24.0 Å². The third-order valence-corrected chi connectivity index (χ3v) is 3.22. The van der Waals surface area contributed by atoms with E-state index in [1.165, 1.54) is 6.42 Å². The Bertz CT molecular complexity index is 305. The van der Waals surface area contributed by atoms with Crippen LogP contribution in [0, 0.1) is 0 Å². The van der Waals surface area contributed by atoms with Crippen LogP contribution in [-0.2, 0) is 4.79 Å². The number of nitrogens with zero attached hydrogens (tertiary/aromatic N) is 1. The smallest absolute Gasteiger partial charge is 0.315 e. The minimum absolute atomic E-state index is 0.0149. The number of likely N-dealkylation sites (tertiary alicyclic amines) is 1. The first kappa shape index (κ1) is 14.8. The van der Waals surface area contributed by atoms with Crippen LogP contribution in [0.3, 0.4) is 0 Å². The van der Waals surface area contributed by atoms with Crippen LogP contribution in [0.4, 0.5) is 4.79 Å². The second-order valence-electron chi connectivity index (χ2n) is 5.37. The SMILES string of the molecule is CC(C)NC(=O)N[C@@H](C)C(=O)N1CCCC[C@H]1C. The van der Waals surface area contributed by atoms with E-state index in [4.69, 9.17) is 0 Å². The molecule has 5 heteroatoms. The van der Waals surface area contributed by atoms with E-state index in [1.807, 2.05) is 18.7 Å². The highest BCUT2D eigenvalue weighted by molar-refractivity contribution is 5.87. The van der Waals surface area contributed by atoms with E-state index in [1.54, 1.807) is 6.92 Å². The Morgan fingerprint density at radius 1 is 1.17 bits per heavy atom. The quantitative estimate of drug-likeness (QED) is 0.802. The van der Waals surface area contributed by atoms with Gasteiger partial charge in [0.1, 0.15) is 6.04 Å². The third-order valence-electron chi connectivity index (χ3n) is 3.22. The molecule has 1 saturated heterocycles. The number of carbonyl (C=O) groups is 2. The Hall–Kier alpha value is -1.26. The van der Waals surface area contributed by atoms with Crippen LogP contribution in [0.1, 0.15) is 47.0 Å². The molecule has 18 heavy (non-hydrogen) atoms. The minimum atomic E-state index is -0.468. The van der Waals surface area contributed by atoms with Gasteiger partial charge in [0.05, 0.1) is 0 Å². The predicted molar refractivity (Wildman–Crippen MR) is 71.3 cm³/mol. The van der Waals surface area contributed by atoms with Gasteiger partial charge in [-0.3, -0.25) is 4.79 Å². The number of hydrogen-bond donors (Lipinski definition) is 2. The Morgan fingerprint density at radius 2 is 1.83 bits per heavy atom. The fraction of sp³-hybridized carbons (Fsp3) is 0.846. The molecule has 0 aliphatic carbocycles. The molecule has 1 fully saturated rings. The van der Waals surface area contributed by atoms with Gasteiger partial charge >= 0.3 is 6.03 Å². The molecular weight excluding hydrogens is 230 g/mol. The highest BCUT2D eigenvalue weighted by Crippen LogP contribution is 2.17. The summed E-state index contributed by atoms with van der Waals surface area (Å²) in [6.07, 6.45) is 3.29. The van der Waals surface area contributed by atoms with E-state index in [0.29, 0.717) is 0 Å². The topological polar surface area (TPSA) is 61.4 Å². The van der Waals surface area contributed by atoms with Crippen LogP contribution in [0.25, 0.3) is 0 Å². The zero-order chi connectivity index (χ0) is 13.7. The number of hydrogen-bond acceptors (Lipinski definition) is 2. The molecule has 0 saturated carbocycles. The van der Waals surface area contributed by atoms with Crippen LogP contribution in [-0.4, -0.2) is 41.5 Å². The summed E-state index contributed by atoms with van der Waals surface area (Å²) < 4.78 is 0. The molecule has 2 N–H and O–H groups in total. The molecule has 3 amide bonds. The van der Waals surface area contributed by atoms with E-state index < -0.39 is 6.04 Å². The summed E-state index contributed by atoms with van der Waals surface area (Å²) in [6, 6.07) is -0.398. The summed E-state index contributed by atoms with van der Waals surface area (Å²) in [6.45, 7) is 8.39. The van der Waals surface area contributed by atoms with Gasteiger partial charge in [-0.05, 0) is 47.0 Å². The summed E-state index contributed by atoms with van der Waals surface area (Å²) in [4.78, 5) is 25.6. The van der Waals surface area contributed by atoms with Crippen molar-refractivity contribution in [3.63, 3.8) is 0 Å². The fourth-order valence-electron chi connectivity index (χ4n) is 2.24. The summed E-state index contributed by atoms with van der Waals surface area (Å²) in [5.74, 6) is 0.0149. The standard InChI is InChI=1S/C13H25N3O2/c1-9(2)14-13(18)15-11(4)12(17)16-8-6-5-7-10(16)3/h9-11H,5-8H2,1-4H3,(H2,14,15,18)/t10-,11+/m1/s1. The van der Waals surface area contributed by atoms with Gasteiger partial charge in [-0.2, -0.15) is 0 Å². The van der Waals surface area contributed by atoms with Gasteiger partial charge in [0.25, 0.3) is 0 Å². The van der Waals surface area contributed by atoms with Crippen LogP contribution in [0.15, 0.2) is 0 Å². The van der Waals surface area contributed by atoms with Gasteiger partial charge in [0, 0.05) is 18.6 Å². The van der Waals surface area contributed by atoms with Crippen LogP contribution < -0.4 is 10.6 Å². The Balaban J connectivity index is 2.47. The second-order valence-corrected chi connectivity index (χ2v) is 5.37. The van der Waals surface area contributed by atoms with E-state index in [2.05, 4.69) is 17.6 Å². The number of nitrogens with one attached hydrogen (secondary N) is 2. The van der Waals surface area contributed by atoms with Crippen molar-refractivity contribution in [2.75, 3.05) is 6.54 Å². The van der Waals surface area contributed by atoms with Gasteiger partial charge in [-0.25, -0.2) is 4.79 Å². The largest absolute Gasteiger partial charge is 0.338 e. The molecule has 0 aromatic rings. The molecule has 1 rings (SSSR count). The molecule has 0 aromatic heterocycles. The molecule has 0 spiro atoms. The lowest BCUT2D eigenvalue weighted by Gasteiger charge is -2.35. The van der Waals surface area contributed by atoms with Gasteiger partial charge in [-0.1, -0.05) is 0 Å². The van der Waals surface area contributed by atoms with E-state index >= 15 is 0 Å². The second kappa shape index (κ2) is 6.61. The summed E-state index contributed by atoms with van der Waals surface area (Å²) >= 11 is 0. The van der Waals surface area contributed by atoms with E-state index in [0.717, 1.165) is 19.4 Å². The lowest BCUT2D eigenvalue weighted by Crippen LogP contribution is -2.53. The molecule has 2 atom stereocenters. The number of urea groups is 1. The van der Waals surface area contributed by atoms with Crippen molar-refractivity contribution in [1.82, 2.24) is 15.5 Å². The average Bonchev–Trinajstić information content (AvgIpc) is 2.27. The number of carbonyl (C=O) groups excluding carboxylic acids is 2. The molecule has 1 aliphatic heterocycles. The normalized spacial score (nSPS) is 21.6. The first-order chi connectivity index (χ1) is 8.41. The van der Waals surface area contributed by atoms with Crippen molar-refractivity contribution >= 4 is 11.9 Å². The van der Waals surface area contributed by atoms with Crippen molar-refractivity contribution in [3.05, 3.63) is 0 Å². The molecule has 0 unspecified atom stereocenters. The number of amides is 3. The molecule has 104 valence electrons. The zero-order valence-corrected chi connectivity index (χ0v) is 11.8. The summed E-state index contributed by atoms with van der Waals surface area (Å²) in [5, 5.41) is 5.41. The van der Waals surface area contributed by atoms with E-state index in [9.17, 15) is 9.59 Å². The predicted octanol–water partition coefficient (Wildman–Crippen LogP) is 1.48. The Labute approximate surface area is 109 Å². The molecule has 0 radical (unpaired) electrons. The molecule has 0 aromatic carbocycles. The first-order valence-corrected chi connectivity index (χ1v) is 6.79. The monoisotopic (exact) mass is 255 g/mol. The number of rotatable bonds is 3. The van der Waals surface area contributed by atoms with Crippen LogP contribution in [0.5, 0.6) is 0 Å². The van der Waals surface area contributed by atoms with Gasteiger partial charge in [0.2, 0.25) is 5.91 Å². The molecule has 1 heterocycles. The highest BCUT2D eigenvalue weighted by atomic mass is 16.2. The third kappa shape index (κ3) is 4.20. The average molecular weight is 255 g/mol. The summed E-state index contributed by atoms with van der Waals surface area (Å²) in [7, 11) is 0. The maximum absolute atomic E-state index is 12.2. The van der Waals surface area contributed by atoms with Crippen LogP contribution >= 0.6 is 0 Å². The molecular formula is C13H25N3O2. The molecule has 5 nitrogen and oxygen atoms in total. The van der Waals surface area contributed by atoms with Gasteiger partial charge in [0.15, 0.2) is 0 Å². The molecule has 0 bridgehead atoms. The van der Waals surface area contributed by atoms with Crippen molar-refractivity contribution in [2.24, 2.45) is 0 Å². The van der Waals surface area contributed by atoms with Crippen molar-refractivity contribution < 1.29 is 9.59 Å². The lowest BCUT2D eigenvalue weighted by atomic mass is 10.0. The van der Waals surface area contributed by atoms with Crippen molar-refractivity contribution in [1.29, 1.82) is 0 Å². The fourth-order valence-corrected chi connectivity index (χ4v) is 2.24. The zero-order valence-electron chi connectivity index (χ0n) is 11.8. The minimum Gasteiger partial charge on any atom is -0.338 e. The summed E-state index contributed by atoms with van der Waals surface area (Å²) in [5.41, 5.74) is 0. The Morgan fingerprint density at radius 3 is 2.39 bits per heavy atom. The lowest BCUT2D eigenvalue weighted by molar-refractivity contribution is -0.136. The highest BCUT2D eigenvalue weighted by Gasteiger charge is 2.27. The van der Waals surface area contributed by atoms with Gasteiger partial charge < -0.3 is 15.5 Å². The Kier molecular flexibility index (Phi) is 5.44. The van der Waals surface area contributed by atoms with Crippen molar-refractivity contribution in [3.8, 4) is 0 Å². The number of piperidine rings is 1. The van der Waals surface area contributed by atoms with Gasteiger partial charge in [-0.15, -0.1) is 0 Å². The van der Waals surface area contributed by atoms with Crippen molar-refractivity contribution in [2.45, 2.75) is 65.1 Å². The maximum atomic E-state index is 12.2. The maximum Gasteiger partial charge on any atom is 0.315 e. The first-order valence-electron chi connectivity index (χ1n) is 6.79.